The Morgan fingerprint density at radius 3 is 2.43 bits per heavy atom. The van der Waals surface area contributed by atoms with Crippen LogP contribution < -0.4 is 5.73 Å². The number of halogens is 3. The van der Waals surface area contributed by atoms with Gasteiger partial charge in [-0.3, -0.25) is 0 Å². The number of nitrogens with zero attached hydrogens (tertiary/aromatic N) is 2. The van der Waals surface area contributed by atoms with Gasteiger partial charge in [-0.15, -0.1) is 0 Å². The molecule has 0 atom stereocenters. The van der Waals surface area contributed by atoms with E-state index in [1.54, 1.807) is 0 Å². The van der Waals surface area contributed by atoms with Crippen molar-refractivity contribution in [3.05, 3.63) is 29.8 Å². The number of sulfonamides is 1. The fraction of sp³-hybridized carbons (Fsp3) is 0.364. The van der Waals surface area contributed by atoms with Crippen molar-refractivity contribution >= 4 is 15.9 Å². The molecule has 0 heterocycles. The number of benzene rings is 1. The van der Waals surface area contributed by atoms with Gasteiger partial charge in [0.1, 0.15) is 0 Å². The molecule has 0 saturated carbocycles. The largest absolute Gasteiger partial charge is 0.417 e. The van der Waals surface area contributed by atoms with E-state index in [2.05, 4.69) is 5.16 Å². The molecule has 0 aliphatic rings. The molecule has 0 radical (unpaired) electrons. The summed E-state index contributed by atoms with van der Waals surface area (Å²) in [5, 5.41) is 11.1. The molecule has 0 spiro atoms. The van der Waals surface area contributed by atoms with Gasteiger partial charge >= 0.3 is 6.18 Å². The normalized spacial score (nSPS) is 13.7. The highest BCUT2D eigenvalue weighted by Gasteiger charge is 2.38. The highest BCUT2D eigenvalue weighted by atomic mass is 32.2. The van der Waals surface area contributed by atoms with E-state index < -0.39 is 39.0 Å². The molecular formula is C11H14F3N3O3S. The summed E-state index contributed by atoms with van der Waals surface area (Å²) in [7, 11) is -4.43. The molecule has 3 N–H and O–H groups in total. The highest BCUT2D eigenvalue weighted by Crippen LogP contribution is 2.34. The molecule has 0 aromatic heterocycles. The van der Waals surface area contributed by atoms with Crippen molar-refractivity contribution < 1.29 is 26.8 Å². The number of hydrogen-bond donors (Lipinski definition) is 2. The van der Waals surface area contributed by atoms with Crippen molar-refractivity contribution in [2.45, 2.75) is 18.0 Å². The molecule has 0 amide bonds. The predicted molar refractivity (Wildman–Crippen MR) is 69.3 cm³/mol. The van der Waals surface area contributed by atoms with Gasteiger partial charge in [0.05, 0.1) is 17.0 Å². The second-order valence-electron chi connectivity index (χ2n) is 4.02. The van der Waals surface area contributed by atoms with Crippen LogP contribution in [0.25, 0.3) is 0 Å². The van der Waals surface area contributed by atoms with Gasteiger partial charge in [0.2, 0.25) is 10.0 Å². The molecule has 0 unspecified atom stereocenters. The summed E-state index contributed by atoms with van der Waals surface area (Å²) >= 11 is 0. The van der Waals surface area contributed by atoms with Gasteiger partial charge in [-0.05, 0) is 12.1 Å². The van der Waals surface area contributed by atoms with E-state index in [1.807, 2.05) is 0 Å². The summed E-state index contributed by atoms with van der Waals surface area (Å²) in [5.41, 5.74) is 3.96. The van der Waals surface area contributed by atoms with E-state index in [-0.39, 0.29) is 6.54 Å². The number of oxime groups is 1. The minimum Gasteiger partial charge on any atom is -0.409 e. The zero-order chi connectivity index (χ0) is 16.3. The monoisotopic (exact) mass is 325 g/mol. The molecule has 0 aliphatic heterocycles. The molecule has 21 heavy (non-hydrogen) atoms. The molecule has 1 rings (SSSR count). The van der Waals surface area contributed by atoms with Gasteiger partial charge in [0, 0.05) is 6.54 Å². The summed E-state index contributed by atoms with van der Waals surface area (Å²) in [6.07, 6.45) is -4.81. The first kappa shape index (κ1) is 17.2. The van der Waals surface area contributed by atoms with Crippen molar-refractivity contribution in [1.29, 1.82) is 0 Å². The van der Waals surface area contributed by atoms with Crippen molar-refractivity contribution in [3.63, 3.8) is 0 Å². The van der Waals surface area contributed by atoms with Crippen molar-refractivity contribution in [1.82, 2.24) is 4.31 Å². The second-order valence-corrected chi connectivity index (χ2v) is 5.92. The fourth-order valence-electron chi connectivity index (χ4n) is 1.64. The highest BCUT2D eigenvalue weighted by molar-refractivity contribution is 7.89. The third-order valence-electron chi connectivity index (χ3n) is 2.63. The molecule has 1 aromatic carbocycles. The topological polar surface area (TPSA) is 96.0 Å². The van der Waals surface area contributed by atoms with Crippen molar-refractivity contribution in [2.24, 2.45) is 10.9 Å². The standard InChI is InChI=1S/C11H14F3N3O3S/c1-2-17(7-10(15)16-18)21(19,20)9-6-4-3-5-8(9)11(12,13)14/h3-6,18H,2,7H2,1H3,(H2,15,16). The third-order valence-corrected chi connectivity index (χ3v) is 4.61. The smallest absolute Gasteiger partial charge is 0.409 e. The first-order chi connectivity index (χ1) is 9.64. The lowest BCUT2D eigenvalue weighted by Gasteiger charge is -2.22. The lowest BCUT2D eigenvalue weighted by Crippen LogP contribution is -2.39. The number of nitrogens with two attached hydrogens (primary N) is 1. The van der Waals surface area contributed by atoms with E-state index in [0.29, 0.717) is 10.4 Å². The number of alkyl halides is 3. The molecular weight excluding hydrogens is 311 g/mol. The Hall–Kier alpha value is -1.81. The number of rotatable bonds is 5. The maximum absolute atomic E-state index is 12.9. The number of hydrogen-bond acceptors (Lipinski definition) is 4. The second kappa shape index (κ2) is 6.31. The number of amidine groups is 1. The van der Waals surface area contributed by atoms with E-state index in [1.165, 1.54) is 13.0 Å². The molecule has 118 valence electrons. The molecule has 6 nitrogen and oxygen atoms in total. The Morgan fingerprint density at radius 1 is 1.38 bits per heavy atom. The Labute approximate surface area is 119 Å². The zero-order valence-electron chi connectivity index (χ0n) is 11.0. The minimum absolute atomic E-state index is 0.134. The zero-order valence-corrected chi connectivity index (χ0v) is 11.8. The average Bonchev–Trinajstić information content (AvgIpc) is 2.43. The van der Waals surface area contributed by atoms with Gasteiger partial charge in [-0.2, -0.15) is 17.5 Å². The van der Waals surface area contributed by atoms with Crippen LogP contribution in [0.3, 0.4) is 0 Å². The Morgan fingerprint density at radius 2 is 1.95 bits per heavy atom. The minimum atomic E-state index is -4.81. The Balaban J connectivity index is 3.37. The average molecular weight is 325 g/mol. The maximum atomic E-state index is 12.9. The first-order valence-electron chi connectivity index (χ1n) is 5.77. The first-order valence-corrected chi connectivity index (χ1v) is 7.21. The summed E-state index contributed by atoms with van der Waals surface area (Å²) in [6, 6.07) is 3.85. The summed E-state index contributed by atoms with van der Waals surface area (Å²) in [5.74, 6) is -0.426. The maximum Gasteiger partial charge on any atom is 0.417 e. The van der Waals surface area contributed by atoms with E-state index in [0.717, 1.165) is 12.1 Å². The quantitative estimate of drug-likeness (QED) is 0.371. The van der Waals surface area contributed by atoms with E-state index in [9.17, 15) is 21.6 Å². The third kappa shape index (κ3) is 3.85. The van der Waals surface area contributed by atoms with Crippen LogP contribution in [-0.2, 0) is 16.2 Å². The van der Waals surface area contributed by atoms with Crippen LogP contribution >= 0.6 is 0 Å². The van der Waals surface area contributed by atoms with Gasteiger partial charge in [0.25, 0.3) is 0 Å². The van der Waals surface area contributed by atoms with Gasteiger partial charge in [-0.1, -0.05) is 24.2 Å². The SMILES string of the molecule is CCN(CC(N)=NO)S(=O)(=O)c1ccccc1C(F)(F)F. The fourth-order valence-corrected chi connectivity index (χ4v) is 3.28. The van der Waals surface area contributed by atoms with E-state index >= 15 is 0 Å². The van der Waals surface area contributed by atoms with Crippen LogP contribution in [0.5, 0.6) is 0 Å². The summed E-state index contributed by atoms with van der Waals surface area (Å²) in [6.45, 7) is 0.782. The van der Waals surface area contributed by atoms with Crippen LogP contribution in [0.2, 0.25) is 0 Å². The Bertz CT molecular complexity index is 629. The van der Waals surface area contributed by atoms with Crippen LogP contribution in [0.1, 0.15) is 12.5 Å². The molecule has 0 aliphatic carbocycles. The van der Waals surface area contributed by atoms with E-state index in [4.69, 9.17) is 10.9 Å². The Kier molecular flexibility index (Phi) is 5.18. The van der Waals surface area contributed by atoms with Gasteiger partial charge < -0.3 is 10.9 Å². The molecule has 1 aromatic rings. The number of likely N-dealkylation sites (N-methyl/N-ethyl adjacent to an activating group) is 1. The van der Waals surface area contributed by atoms with Crippen molar-refractivity contribution in [2.75, 3.05) is 13.1 Å². The summed E-state index contributed by atoms with van der Waals surface area (Å²) in [4.78, 5) is -0.870. The molecule has 0 saturated heterocycles. The van der Waals surface area contributed by atoms with Crippen molar-refractivity contribution in [3.8, 4) is 0 Å². The van der Waals surface area contributed by atoms with Gasteiger partial charge in [-0.25, -0.2) is 8.42 Å². The van der Waals surface area contributed by atoms with Crippen LogP contribution in [0, 0.1) is 0 Å². The lowest BCUT2D eigenvalue weighted by atomic mass is 10.2. The van der Waals surface area contributed by atoms with Crippen LogP contribution in [-0.4, -0.2) is 36.9 Å². The predicted octanol–water partition coefficient (Wildman–Crippen LogP) is 1.46. The van der Waals surface area contributed by atoms with Gasteiger partial charge in [0.15, 0.2) is 5.84 Å². The molecule has 0 fully saturated rings. The summed E-state index contributed by atoms with van der Waals surface area (Å²) < 4.78 is 64.0. The lowest BCUT2D eigenvalue weighted by molar-refractivity contribution is -0.139. The molecule has 10 heteroatoms. The van der Waals surface area contributed by atoms with Crippen LogP contribution in [0.15, 0.2) is 34.3 Å². The van der Waals surface area contributed by atoms with Crippen LogP contribution in [0.4, 0.5) is 13.2 Å². The molecule has 0 bridgehead atoms.